The molecule has 0 spiro atoms. The summed E-state index contributed by atoms with van der Waals surface area (Å²) in [6, 6.07) is 2.52. The zero-order valence-electron chi connectivity index (χ0n) is 10.6. The van der Waals surface area contributed by atoms with E-state index in [0.29, 0.717) is 12.6 Å². The maximum absolute atomic E-state index is 5.77. The zero-order chi connectivity index (χ0) is 12.8. The summed E-state index contributed by atoms with van der Waals surface area (Å²) in [6.07, 6.45) is 5.11. The smallest absolute Gasteiger partial charge is 0.133 e. The number of hydrogen-bond donors (Lipinski definition) is 1. The van der Waals surface area contributed by atoms with Gasteiger partial charge in [-0.2, -0.15) is 11.8 Å². The molecule has 5 heteroatoms. The van der Waals surface area contributed by atoms with E-state index in [1.165, 1.54) is 5.75 Å². The fourth-order valence-electron chi connectivity index (χ4n) is 1.63. The van der Waals surface area contributed by atoms with E-state index in [4.69, 9.17) is 5.73 Å². The molecule has 0 saturated carbocycles. The first-order valence-electron chi connectivity index (χ1n) is 5.66. The highest BCUT2D eigenvalue weighted by Crippen LogP contribution is 2.22. The fourth-order valence-corrected chi connectivity index (χ4v) is 2.59. The third-order valence-electron chi connectivity index (χ3n) is 2.86. The van der Waals surface area contributed by atoms with E-state index in [0.717, 1.165) is 22.3 Å². The normalized spacial score (nSPS) is 12.5. The summed E-state index contributed by atoms with van der Waals surface area (Å²) < 4.78 is 0.979. The third kappa shape index (κ3) is 4.16. The van der Waals surface area contributed by atoms with E-state index in [-0.39, 0.29) is 0 Å². The van der Waals surface area contributed by atoms with Gasteiger partial charge in [0.25, 0.3) is 0 Å². The highest BCUT2D eigenvalue weighted by molar-refractivity contribution is 9.10. The Labute approximate surface area is 116 Å². The summed E-state index contributed by atoms with van der Waals surface area (Å²) >= 11 is 5.30. The predicted octanol–water partition coefficient (Wildman–Crippen LogP) is 2.88. The van der Waals surface area contributed by atoms with Crippen LogP contribution in [0.15, 0.2) is 16.7 Å². The minimum atomic E-state index is 0.474. The number of halogens is 1. The van der Waals surface area contributed by atoms with Gasteiger partial charge >= 0.3 is 0 Å². The molecule has 3 nitrogen and oxygen atoms in total. The zero-order valence-corrected chi connectivity index (χ0v) is 13.0. The molecule has 1 atom stereocenters. The number of nitrogens with zero attached hydrogens (tertiary/aromatic N) is 2. The van der Waals surface area contributed by atoms with Crippen LogP contribution in [0.3, 0.4) is 0 Å². The molecule has 0 aliphatic rings. The molecule has 0 saturated heterocycles. The lowest BCUT2D eigenvalue weighted by molar-refractivity contribution is 0.658. The van der Waals surface area contributed by atoms with Crippen LogP contribution in [0.4, 0.5) is 5.82 Å². The first-order chi connectivity index (χ1) is 8.10. The molecule has 0 bridgehead atoms. The van der Waals surface area contributed by atoms with Crippen molar-refractivity contribution in [2.45, 2.75) is 25.9 Å². The lowest BCUT2D eigenvalue weighted by Gasteiger charge is -2.27. The predicted molar refractivity (Wildman–Crippen MR) is 80.7 cm³/mol. The number of aromatic nitrogens is 1. The molecule has 0 radical (unpaired) electrons. The van der Waals surface area contributed by atoms with Gasteiger partial charge < -0.3 is 10.6 Å². The Morgan fingerprint density at radius 2 is 2.29 bits per heavy atom. The van der Waals surface area contributed by atoms with Gasteiger partial charge in [-0.15, -0.1) is 0 Å². The largest absolute Gasteiger partial charge is 0.357 e. The number of thioether (sulfide) groups is 1. The summed E-state index contributed by atoms with van der Waals surface area (Å²) in [7, 11) is 2.08. The number of nitrogens with two attached hydrogens (primary N) is 1. The van der Waals surface area contributed by atoms with Crippen LogP contribution < -0.4 is 10.6 Å². The van der Waals surface area contributed by atoms with Crippen molar-refractivity contribution in [1.82, 2.24) is 4.98 Å². The third-order valence-corrected chi connectivity index (χ3v) is 3.94. The van der Waals surface area contributed by atoms with Crippen LogP contribution in [0.1, 0.15) is 18.9 Å². The van der Waals surface area contributed by atoms with Crippen LogP contribution in [0.2, 0.25) is 0 Å². The lowest BCUT2D eigenvalue weighted by Crippen LogP contribution is -2.31. The highest BCUT2D eigenvalue weighted by atomic mass is 79.9. The Hall–Kier alpha value is -0.260. The van der Waals surface area contributed by atoms with Crippen LogP contribution in [0, 0.1) is 0 Å². The van der Waals surface area contributed by atoms with Gasteiger partial charge in [0.2, 0.25) is 0 Å². The Morgan fingerprint density at radius 3 is 2.88 bits per heavy atom. The van der Waals surface area contributed by atoms with Crippen molar-refractivity contribution in [2.24, 2.45) is 5.73 Å². The van der Waals surface area contributed by atoms with Crippen molar-refractivity contribution < 1.29 is 0 Å². The molecule has 0 aliphatic heterocycles. The molecule has 0 fully saturated rings. The molecule has 2 N–H and O–H groups in total. The molecule has 1 rings (SSSR count). The van der Waals surface area contributed by atoms with Gasteiger partial charge in [0.15, 0.2) is 0 Å². The minimum absolute atomic E-state index is 0.474. The number of rotatable bonds is 6. The lowest BCUT2D eigenvalue weighted by atomic mass is 10.2. The molecule has 0 aliphatic carbocycles. The molecule has 1 heterocycles. The molecule has 96 valence electrons. The van der Waals surface area contributed by atoms with E-state index in [9.17, 15) is 0 Å². The maximum atomic E-state index is 5.77. The van der Waals surface area contributed by atoms with Crippen molar-refractivity contribution in [1.29, 1.82) is 0 Å². The van der Waals surface area contributed by atoms with E-state index in [2.05, 4.69) is 46.0 Å². The Morgan fingerprint density at radius 1 is 1.59 bits per heavy atom. The maximum Gasteiger partial charge on any atom is 0.133 e. The van der Waals surface area contributed by atoms with Crippen molar-refractivity contribution in [3.05, 3.63) is 22.3 Å². The molecule has 1 aromatic rings. The van der Waals surface area contributed by atoms with Crippen LogP contribution >= 0.6 is 27.7 Å². The van der Waals surface area contributed by atoms with Crippen LogP contribution in [-0.2, 0) is 6.54 Å². The Bertz CT molecular complexity index is 360. The van der Waals surface area contributed by atoms with E-state index in [1.54, 1.807) is 0 Å². The number of pyridine rings is 1. The molecule has 0 amide bonds. The monoisotopic (exact) mass is 317 g/mol. The van der Waals surface area contributed by atoms with Gasteiger partial charge in [-0.05, 0) is 47.3 Å². The molecular weight excluding hydrogens is 298 g/mol. The highest BCUT2D eigenvalue weighted by Gasteiger charge is 2.14. The molecule has 0 aromatic carbocycles. The van der Waals surface area contributed by atoms with Gasteiger partial charge in [0.1, 0.15) is 5.82 Å². The van der Waals surface area contributed by atoms with Crippen molar-refractivity contribution in [3.63, 3.8) is 0 Å². The molecule has 1 aromatic heterocycles. The average molecular weight is 318 g/mol. The first kappa shape index (κ1) is 14.8. The van der Waals surface area contributed by atoms with Crippen LogP contribution in [-0.4, -0.2) is 30.1 Å². The first-order valence-corrected chi connectivity index (χ1v) is 7.85. The van der Waals surface area contributed by atoms with Gasteiger partial charge in [0.05, 0.1) is 0 Å². The summed E-state index contributed by atoms with van der Waals surface area (Å²) in [5, 5.41) is 0. The fraction of sp³-hybridized carbons (Fsp3) is 0.583. The molecule has 1 unspecified atom stereocenters. The summed E-state index contributed by atoms with van der Waals surface area (Å²) in [5.41, 5.74) is 6.85. The summed E-state index contributed by atoms with van der Waals surface area (Å²) in [6.45, 7) is 2.74. The van der Waals surface area contributed by atoms with Crippen molar-refractivity contribution in [2.75, 3.05) is 24.0 Å². The van der Waals surface area contributed by atoms with Crippen LogP contribution in [0.25, 0.3) is 0 Å². The van der Waals surface area contributed by atoms with Gasteiger partial charge in [0, 0.05) is 35.9 Å². The molecule has 17 heavy (non-hydrogen) atoms. The van der Waals surface area contributed by atoms with Crippen molar-refractivity contribution in [3.8, 4) is 0 Å². The standard InChI is InChI=1S/C12H20BrN3S/c1-9(4-5-17-3)16(2)12-10(7-14)6-11(13)8-15-12/h6,8-9H,4-5,7,14H2,1-3H3. The second-order valence-electron chi connectivity index (χ2n) is 4.08. The average Bonchev–Trinajstić information content (AvgIpc) is 2.34. The Kier molecular flexibility index (Phi) is 6.30. The number of hydrogen-bond acceptors (Lipinski definition) is 4. The number of anilines is 1. The SMILES string of the molecule is CSCCC(C)N(C)c1ncc(Br)cc1CN. The summed E-state index contributed by atoms with van der Waals surface area (Å²) in [5.74, 6) is 2.16. The quantitative estimate of drug-likeness (QED) is 0.876. The van der Waals surface area contributed by atoms with E-state index < -0.39 is 0 Å². The van der Waals surface area contributed by atoms with Gasteiger partial charge in [-0.1, -0.05) is 0 Å². The van der Waals surface area contributed by atoms with Gasteiger partial charge in [-0.3, -0.25) is 0 Å². The van der Waals surface area contributed by atoms with E-state index in [1.807, 2.05) is 24.0 Å². The van der Waals surface area contributed by atoms with Gasteiger partial charge in [-0.25, -0.2) is 4.98 Å². The Balaban J connectivity index is 2.83. The second kappa shape index (κ2) is 7.24. The summed E-state index contributed by atoms with van der Waals surface area (Å²) in [4.78, 5) is 6.68. The van der Waals surface area contributed by atoms with Crippen LogP contribution in [0.5, 0.6) is 0 Å². The van der Waals surface area contributed by atoms with Crippen molar-refractivity contribution >= 4 is 33.5 Å². The molecular formula is C12H20BrN3S. The minimum Gasteiger partial charge on any atom is -0.357 e. The van der Waals surface area contributed by atoms with E-state index >= 15 is 0 Å². The topological polar surface area (TPSA) is 42.2 Å². The second-order valence-corrected chi connectivity index (χ2v) is 5.98.